The number of anilines is 1. The van der Waals surface area contributed by atoms with Gasteiger partial charge in [0.15, 0.2) is 11.5 Å². The number of amides is 2. The Bertz CT molecular complexity index is 807. The molecule has 0 spiro atoms. The van der Waals surface area contributed by atoms with Crippen LogP contribution in [-0.2, 0) is 16.1 Å². The van der Waals surface area contributed by atoms with Crippen molar-refractivity contribution in [1.82, 2.24) is 5.32 Å². The fourth-order valence-corrected chi connectivity index (χ4v) is 2.47. The van der Waals surface area contributed by atoms with Gasteiger partial charge in [-0.3, -0.25) is 9.59 Å². The van der Waals surface area contributed by atoms with Gasteiger partial charge >= 0.3 is 11.8 Å². The van der Waals surface area contributed by atoms with Crippen molar-refractivity contribution >= 4 is 33.4 Å². The van der Waals surface area contributed by atoms with Crippen molar-refractivity contribution in [2.75, 3.05) is 12.1 Å². The summed E-state index contributed by atoms with van der Waals surface area (Å²) in [6, 6.07) is 10.7. The van der Waals surface area contributed by atoms with E-state index in [0.717, 1.165) is 15.6 Å². The Kier molecular flexibility index (Phi) is 4.71. The molecule has 0 aliphatic carbocycles. The maximum atomic E-state index is 11.9. The third kappa shape index (κ3) is 3.68. The molecular weight excluding hydrogens is 376 g/mol. The molecule has 7 heteroatoms. The van der Waals surface area contributed by atoms with Gasteiger partial charge in [-0.15, -0.1) is 0 Å². The molecular formula is C17H15BrN2O4. The van der Waals surface area contributed by atoms with Gasteiger partial charge in [0, 0.05) is 16.7 Å². The molecule has 3 rings (SSSR count). The summed E-state index contributed by atoms with van der Waals surface area (Å²) in [5.41, 5.74) is 2.35. The molecule has 2 amide bonds. The van der Waals surface area contributed by atoms with Gasteiger partial charge in [0.05, 0.1) is 0 Å². The molecule has 24 heavy (non-hydrogen) atoms. The van der Waals surface area contributed by atoms with Crippen LogP contribution in [0.25, 0.3) is 0 Å². The van der Waals surface area contributed by atoms with Crippen LogP contribution in [-0.4, -0.2) is 18.6 Å². The molecule has 0 unspecified atom stereocenters. The Labute approximate surface area is 147 Å². The van der Waals surface area contributed by atoms with E-state index in [1.807, 2.05) is 19.1 Å². The summed E-state index contributed by atoms with van der Waals surface area (Å²) in [5, 5.41) is 5.15. The van der Waals surface area contributed by atoms with Gasteiger partial charge in [-0.25, -0.2) is 0 Å². The Morgan fingerprint density at radius 3 is 2.67 bits per heavy atom. The van der Waals surface area contributed by atoms with E-state index in [9.17, 15) is 9.59 Å². The minimum Gasteiger partial charge on any atom is -0.454 e. The van der Waals surface area contributed by atoms with Gasteiger partial charge in [0.1, 0.15) is 0 Å². The molecule has 1 heterocycles. The number of nitrogens with one attached hydrogen (secondary N) is 2. The van der Waals surface area contributed by atoms with Crippen LogP contribution in [0.5, 0.6) is 11.5 Å². The lowest BCUT2D eigenvalue weighted by molar-refractivity contribution is -0.136. The first kappa shape index (κ1) is 16.3. The van der Waals surface area contributed by atoms with Crippen molar-refractivity contribution < 1.29 is 19.1 Å². The molecule has 0 aromatic heterocycles. The van der Waals surface area contributed by atoms with Crippen molar-refractivity contribution in [1.29, 1.82) is 0 Å². The lowest BCUT2D eigenvalue weighted by atomic mass is 10.2. The summed E-state index contributed by atoms with van der Waals surface area (Å²) in [5.74, 6) is -0.101. The number of hydrogen-bond acceptors (Lipinski definition) is 4. The van der Waals surface area contributed by atoms with Crippen molar-refractivity contribution in [2.24, 2.45) is 0 Å². The van der Waals surface area contributed by atoms with Gasteiger partial charge < -0.3 is 20.1 Å². The quantitative estimate of drug-likeness (QED) is 0.789. The molecule has 124 valence electrons. The predicted molar refractivity (Wildman–Crippen MR) is 91.9 cm³/mol. The Balaban J connectivity index is 1.56. The minimum absolute atomic E-state index is 0.195. The smallest absolute Gasteiger partial charge is 0.313 e. The van der Waals surface area contributed by atoms with Crippen molar-refractivity contribution in [2.45, 2.75) is 13.5 Å². The van der Waals surface area contributed by atoms with Crippen LogP contribution < -0.4 is 20.1 Å². The van der Waals surface area contributed by atoms with E-state index < -0.39 is 11.8 Å². The second-order valence-corrected chi connectivity index (χ2v) is 6.14. The average Bonchev–Trinajstić information content (AvgIpc) is 3.03. The maximum Gasteiger partial charge on any atom is 0.313 e. The second-order valence-electron chi connectivity index (χ2n) is 5.29. The molecule has 0 saturated carbocycles. The van der Waals surface area contributed by atoms with Gasteiger partial charge in [0.25, 0.3) is 0 Å². The number of fused-ring (bicyclic) bond motifs is 1. The molecule has 0 saturated heterocycles. The summed E-state index contributed by atoms with van der Waals surface area (Å²) < 4.78 is 11.4. The van der Waals surface area contributed by atoms with E-state index in [0.29, 0.717) is 17.2 Å². The first-order chi connectivity index (χ1) is 11.5. The van der Waals surface area contributed by atoms with E-state index in [4.69, 9.17) is 9.47 Å². The summed E-state index contributed by atoms with van der Waals surface area (Å²) >= 11 is 3.39. The van der Waals surface area contributed by atoms with Gasteiger partial charge in [-0.2, -0.15) is 0 Å². The number of carbonyl (C=O) groups excluding carboxylic acids is 2. The Morgan fingerprint density at radius 2 is 1.88 bits per heavy atom. The highest BCUT2D eigenvalue weighted by molar-refractivity contribution is 9.10. The van der Waals surface area contributed by atoms with Gasteiger partial charge in [-0.1, -0.05) is 22.0 Å². The minimum atomic E-state index is -0.711. The van der Waals surface area contributed by atoms with Crippen molar-refractivity contribution in [3.8, 4) is 11.5 Å². The summed E-state index contributed by atoms with van der Waals surface area (Å²) in [6.07, 6.45) is 0. The molecule has 0 radical (unpaired) electrons. The van der Waals surface area contributed by atoms with Crippen LogP contribution in [0, 0.1) is 6.92 Å². The lowest BCUT2D eigenvalue weighted by Gasteiger charge is -2.08. The molecule has 2 N–H and O–H groups in total. The first-order valence-corrected chi connectivity index (χ1v) is 8.06. The van der Waals surface area contributed by atoms with Crippen LogP contribution in [0.3, 0.4) is 0 Å². The van der Waals surface area contributed by atoms with Gasteiger partial charge in [-0.05, 0) is 48.4 Å². The fourth-order valence-electron chi connectivity index (χ4n) is 2.22. The number of benzene rings is 2. The normalized spacial score (nSPS) is 11.9. The molecule has 2 aromatic carbocycles. The SMILES string of the molecule is Cc1cc(NC(=O)C(=O)NCc2ccc3c(c2)OCO3)ccc1Br. The van der Waals surface area contributed by atoms with E-state index >= 15 is 0 Å². The third-order valence-corrected chi connectivity index (χ3v) is 4.40. The van der Waals surface area contributed by atoms with Crippen LogP contribution in [0.2, 0.25) is 0 Å². The zero-order valence-corrected chi connectivity index (χ0v) is 14.5. The Hall–Kier alpha value is -2.54. The molecule has 1 aliphatic heterocycles. The second kappa shape index (κ2) is 6.92. The molecule has 0 fully saturated rings. The van der Waals surface area contributed by atoms with E-state index in [-0.39, 0.29) is 13.3 Å². The van der Waals surface area contributed by atoms with E-state index in [2.05, 4.69) is 26.6 Å². The molecule has 6 nitrogen and oxygen atoms in total. The summed E-state index contributed by atoms with van der Waals surface area (Å²) in [4.78, 5) is 23.9. The number of carbonyl (C=O) groups is 2. The largest absolute Gasteiger partial charge is 0.454 e. The molecule has 0 atom stereocenters. The zero-order valence-electron chi connectivity index (χ0n) is 12.9. The van der Waals surface area contributed by atoms with Crippen LogP contribution in [0.4, 0.5) is 5.69 Å². The molecule has 1 aliphatic rings. The number of rotatable bonds is 3. The van der Waals surface area contributed by atoms with Crippen molar-refractivity contribution in [3.05, 3.63) is 52.0 Å². The fraction of sp³-hybridized carbons (Fsp3) is 0.176. The van der Waals surface area contributed by atoms with E-state index in [1.54, 1.807) is 24.3 Å². The van der Waals surface area contributed by atoms with Crippen LogP contribution in [0.15, 0.2) is 40.9 Å². The number of aryl methyl sites for hydroxylation is 1. The third-order valence-electron chi connectivity index (χ3n) is 3.51. The van der Waals surface area contributed by atoms with Crippen LogP contribution in [0.1, 0.15) is 11.1 Å². The first-order valence-electron chi connectivity index (χ1n) is 7.27. The van der Waals surface area contributed by atoms with E-state index in [1.165, 1.54) is 0 Å². The zero-order chi connectivity index (χ0) is 17.1. The predicted octanol–water partition coefficient (Wildman–Crippen LogP) is 2.74. The highest BCUT2D eigenvalue weighted by Crippen LogP contribution is 2.32. The van der Waals surface area contributed by atoms with Crippen LogP contribution >= 0.6 is 15.9 Å². The highest BCUT2D eigenvalue weighted by atomic mass is 79.9. The number of halogens is 1. The topological polar surface area (TPSA) is 76.7 Å². The van der Waals surface area contributed by atoms with Gasteiger partial charge in [0.2, 0.25) is 6.79 Å². The lowest BCUT2D eigenvalue weighted by Crippen LogP contribution is -2.34. The monoisotopic (exact) mass is 390 g/mol. The Morgan fingerprint density at radius 1 is 1.08 bits per heavy atom. The molecule has 2 aromatic rings. The van der Waals surface area contributed by atoms with Crippen molar-refractivity contribution in [3.63, 3.8) is 0 Å². The summed E-state index contributed by atoms with van der Waals surface area (Å²) in [7, 11) is 0. The number of hydrogen-bond donors (Lipinski definition) is 2. The number of ether oxygens (including phenoxy) is 2. The highest BCUT2D eigenvalue weighted by Gasteiger charge is 2.16. The standard InChI is InChI=1S/C17H15BrN2O4/c1-10-6-12(3-4-13(10)18)20-17(22)16(21)19-8-11-2-5-14-15(7-11)24-9-23-14/h2-7H,8-9H2,1H3,(H,19,21)(H,20,22). The average molecular weight is 391 g/mol. The maximum absolute atomic E-state index is 11.9. The summed E-state index contributed by atoms with van der Waals surface area (Å²) in [6.45, 7) is 2.32. The molecule has 0 bridgehead atoms.